The second-order valence-electron chi connectivity index (χ2n) is 6.04. The monoisotopic (exact) mass is 327 g/mol. The van der Waals surface area contributed by atoms with E-state index in [0.29, 0.717) is 17.9 Å². The third-order valence-corrected chi connectivity index (χ3v) is 4.35. The van der Waals surface area contributed by atoms with Crippen molar-refractivity contribution in [1.29, 1.82) is 0 Å². The third-order valence-electron chi connectivity index (χ3n) is 4.35. The van der Waals surface area contributed by atoms with Gasteiger partial charge in [0, 0.05) is 30.4 Å². The first-order valence-corrected chi connectivity index (χ1v) is 7.94. The summed E-state index contributed by atoms with van der Waals surface area (Å²) in [6.07, 6.45) is 4.12. The summed E-state index contributed by atoms with van der Waals surface area (Å²) < 4.78 is 6.40. The van der Waals surface area contributed by atoms with E-state index in [2.05, 4.69) is 15.2 Å². The molecular weight excluding hydrogens is 310 g/mol. The fourth-order valence-corrected chi connectivity index (χ4v) is 3.25. The van der Waals surface area contributed by atoms with Crippen molar-refractivity contribution < 1.29 is 9.32 Å². The van der Waals surface area contributed by atoms with Gasteiger partial charge in [-0.3, -0.25) is 14.7 Å². The summed E-state index contributed by atoms with van der Waals surface area (Å²) in [7, 11) is 0. The number of amides is 1. The number of hydrogen-bond donors (Lipinski definition) is 1. The van der Waals surface area contributed by atoms with Crippen LogP contribution in [0.4, 0.5) is 0 Å². The Morgan fingerprint density at radius 1 is 1.38 bits per heavy atom. The molecule has 0 spiro atoms. The van der Waals surface area contributed by atoms with Gasteiger partial charge in [0.15, 0.2) is 5.65 Å². The van der Waals surface area contributed by atoms with Crippen molar-refractivity contribution in [2.75, 3.05) is 6.54 Å². The van der Waals surface area contributed by atoms with E-state index in [9.17, 15) is 9.59 Å². The summed E-state index contributed by atoms with van der Waals surface area (Å²) in [6, 6.07) is 4.63. The van der Waals surface area contributed by atoms with E-state index < -0.39 is 0 Å². The minimum absolute atomic E-state index is 0.180. The smallest absolute Gasteiger partial charge is 0.293 e. The summed E-state index contributed by atoms with van der Waals surface area (Å²) >= 11 is 0. The molecular formula is C16H17N5O3. The molecule has 1 aliphatic rings. The highest BCUT2D eigenvalue weighted by Gasteiger charge is 2.31. The molecule has 124 valence electrons. The molecule has 3 aromatic heterocycles. The average Bonchev–Trinajstić information content (AvgIpc) is 3.23. The van der Waals surface area contributed by atoms with Crippen molar-refractivity contribution in [3.8, 4) is 0 Å². The Bertz CT molecular complexity index is 940. The molecule has 0 radical (unpaired) electrons. The van der Waals surface area contributed by atoms with Gasteiger partial charge in [0.2, 0.25) is 5.76 Å². The third kappa shape index (κ3) is 2.40. The van der Waals surface area contributed by atoms with Gasteiger partial charge in [-0.1, -0.05) is 5.16 Å². The number of aromatic nitrogens is 4. The number of H-pyrrole nitrogens is 1. The van der Waals surface area contributed by atoms with Crippen molar-refractivity contribution in [3.05, 3.63) is 51.9 Å². The lowest BCUT2D eigenvalue weighted by atomic mass is 9.98. The van der Waals surface area contributed by atoms with Gasteiger partial charge in [-0.2, -0.15) is 0 Å². The van der Waals surface area contributed by atoms with Crippen LogP contribution < -0.4 is 5.56 Å². The lowest BCUT2D eigenvalue weighted by Crippen LogP contribution is -2.39. The van der Waals surface area contributed by atoms with Crippen LogP contribution in [0, 0.1) is 6.92 Å². The van der Waals surface area contributed by atoms with Gasteiger partial charge in [-0.05, 0) is 26.2 Å². The van der Waals surface area contributed by atoms with Gasteiger partial charge in [0.05, 0.1) is 17.9 Å². The fraction of sp³-hybridized carbons (Fsp3) is 0.375. The van der Waals surface area contributed by atoms with Crippen molar-refractivity contribution in [3.63, 3.8) is 0 Å². The normalized spacial score (nSPS) is 18.2. The van der Waals surface area contributed by atoms with E-state index in [0.717, 1.165) is 25.0 Å². The molecule has 0 aromatic carbocycles. The van der Waals surface area contributed by atoms with Crippen molar-refractivity contribution in [2.24, 2.45) is 0 Å². The molecule has 8 heteroatoms. The Morgan fingerprint density at radius 2 is 2.25 bits per heavy atom. The summed E-state index contributed by atoms with van der Waals surface area (Å²) in [5.74, 6) is -0.0124. The Labute approximate surface area is 137 Å². The number of piperidine rings is 1. The topological polar surface area (TPSA) is 96.5 Å². The molecule has 0 unspecified atom stereocenters. The first-order chi connectivity index (χ1) is 11.6. The van der Waals surface area contributed by atoms with Crippen LogP contribution in [0.3, 0.4) is 0 Å². The quantitative estimate of drug-likeness (QED) is 0.772. The highest BCUT2D eigenvalue weighted by Crippen LogP contribution is 2.30. The molecule has 4 heterocycles. The first kappa shape index (κ1) is 14.7. The summed E-state index contributed by atoms with van der Waals surface area (Å²) in [4.78, 5) is 31.3. The molecule has 1 aliphatic heterocycles. The maximum atomic E-state index is 12.7. The molecule has 1 fully saturated rings. The van der Waals surface area contributed by atoms with E-state index in [4.69, 9.17) is 4.52 Å². The van der Waals surface area contributed by atoms with Crippen molar-refractivity contribution in [1.82, 2.24) is 24.7 Å². The van der Waals surface area contributed by atoms with E-state index in [1.165, 1.54) is 16.8 Å². The van der Waals surface area contributed by atoms with Gasteiger partial charge in [-0.15, -0.1) is 0 Å². The van der Waals surface area contributed by atoms with Crippen molar-refractivity contribution >= 4 is 11.6 Å². The molecule has 4 rings (SSSR count). The highest BCUT2D eigenvalue weighted by atomic mass is 16.5. The van der Waals surface area contributed by atoms with E-state index in [1.54, 1.807) is 11.0 Å². The van der Waals surface area contributed by atoms with Gasteiger partial charge in [-0.25, -0.2) is 9.50 Å². The van der Waals surface area contributed by atoms with Gasteiger partial charge >= 0.3 is 0 Å². The van der Waals surface area contributed by atoms with Gasteiger partial charge in [0.1, 0.15) is 0 Å². The Kier molecular flexibility index (Phi) is 3.44. The largest absolute Gasteiger partial charge is 0.351 e. The minimum Gasteiger partial charge on any atom is -0.351 e. The number of rotatable bonds is 2. The molecule has 3 aromatic rings. The molecule has 1 atom stereocenters. The molecule has 8 nitrogen and oxygen atoms in total. The van der Waals surface area contributed by atoms with Gasteiger partial charge in [0.25, 0.3) is 11.5 Å². The second kappa shape index (κ2) is 5.63. The number of aromatic amines is 1. The molecule has 0 saturated carbocycles. The number of nitrogens with one attached hydrogen (secondary N) is 1. The van der Waals surface area contributed by atoms with E-state index in [1.807, 2.05) is 13.0 Å². The van der Waals surface area contributed by atoms with Crippen LogP contribution >= 0.6 is 0 Å². The highest BCUT2D eigenvalue weighted by molar-refractivity contribution is 5.91. The number of nitrogens with zero attached hydrogens (tertiary/aromatic N) is 4. The molecule has 0 bridgehead atoms. The van der Waals surface area contributed by atoms with Crippen molar-refractivity contribution in [2.45, 2.75) is 32.2 Å². The fourth-order valence-electron chi connectivity index (χ4n) is 3.25. The Balaban J connectivity index is 1.75. The summed E-state index contributed by atoms with van der Waals surface area (Å²) in [5.41, 5.74) is 1.86. The van der Waals surface area contributed by atoms with Crippen LogP contribution in [0.25, 0.3) is 5.65 Å². The molecule has 1 amide bonds. The number of hydrogen-bond acceptors (Lipinski definition) is 5. The predicted octanol–water partition coefficient (Wildman–Crippen LogP) is 1.69. The number of carbonyl (C=O) groups excluding carboxylic acids is 1. The number of likely N-dealkylation sites (tertiary alicyclic amines) is 1. The van der Waals surface area contributed by atoms with Crippen LogP contribution in [-0.2, 0) is 0 Å². The van der Waals surface area contributed by atoms with Crippen LogP contribution in [0.1, 0.15) is 47.2 Å². The summed E-state index contributed by atoms with van der Waals surface area (Å²) in [5, 5.41) is 6.55. The Morgan fingerprint density at radius 3 is 3.04 bits per heavy atom. The zero-order valence-electron chi connectivity index (χ0n) is 13.2. The maximum absolute atomic E-state index is 12.7. The first-order valence-electron chi connectivity index (χ1n) is 7.94. The number of aryl methyl sites for hydroxylation is 1. The summed E-state index contributed by atoms with van der Waals surface area (Å²) in [6.45, 7) is 2.48. The molecule has 0 aliphatic carbocycles. The van der Waals surface area contributed by atoms with Gasteiger partial charge < -0.3 is 9.42 Å². The molecule has 24 heavy (non-hydrogen) atoms. The number of carbonyl (C=O) groups is 1. The number of fused-ring (bicyclic) bond motifs is 1. The van der Waals surface area contributed by atoms with Crippen LogP contribution in [0.5, 0.6) is 0 Å². The van der Waals surface area contributed by atoms with E-state index >= 15 is 0 Å². The van der Waals surface area contributed by atoms with Crippen LogP contribution in [-0.4, -0.2) is 37.1 Å². The SMILES string of the molecule is Cc1cc2nc([C@H]3CCCCN3C(=O)c3ccno3)cc(=O)n2[nH]1. The zero-order valence-corrected chi connectivity index (χ0v) is 13.2. The van der Waals surface area contributed by atoms with Crippen LogP contribution in [0.15, 0.2) is 33.7 Å². The lowest BCUT2D eigenvalue weighted by Gasteiger charge is -2.34. The second-order valence-corrected chi connectivity index (χ2v) is 6.04. The molecule has 1 saturated heterocycles. The molecule has 1 N–H and O–H groups in total. The average molecular weight is 327 g/mol. The maximum Gasteiger partial charge on any atom is 0.293 e. The van der Waals surface area contributed by atoms with E-state index in [-0.39, 0.29) is 23.3 Å². The predicted molar refractivity (Wildman–Crippen MR) is 84.7 cm³/mol. The minimum atomic E-state index is -0.232. The zero-order chi connectivity index (χ0) is 16.7. The van der Waals surface area contributed by atoms with Crippen LogP contribution in [0.2, 0.25) is 0 Å². The standard InChI is InChI=1S/C16H17N5O3/c1-10-8-14-18-11(9-15(22)21(14)19-10)12-4-2-3-7-20(12)16(23)13-5-6-17-24-13/h5-6,8-9,12,19H,2-4,7H2,1H3/t12-/m1/s1. The Hall–Kier alpha value is -2.90. The lowest BCUT2D eigenvalue weighted by molar-refractivity contribution is 0.0564.